The number of rotatable bonds is 4. The van der Waals surface area contributed by atoms with E-state index >= 15 is 0 Å². The maximum absolute atomic E-state index is 4.91. The Morgan fingerprint density at radius 2 is 0.700 bits per heavy atom. The molecule has 2 nitrogen and oxygen atoms in total. The first-order valence-electron chi connectivity index (χ1n) is 9.61. The van der Waals surface area contributed by atoms with Crippen molar-refractivity contribution in [1.29, 1.82) is 0 Å². The highest BCUT2D eigenvalue weighted by Gasteiger charge is 2.11. The van der Waals surface area contributed by atoms with E-state index in [1.54, 1.807) is 21.6 Å². The molecule has 0 amide bonds. The van der Waals surface area contributed by atoms with Crippen LogP contribution >= 0.6 is 21.6 Å². The van der Waals surface area contributed by atoms with Gasteiger partial charge in [0.1, 0.15) is 10.1 Å². The lowest BCUT2D eigenvalue weighted by Crippen LogP contribution is -1.97. The van der Waals surface area contributed by atoms with Gasteiger partial charge in [-0.25, -0.2) is 9.98 Å². The first-order chi connectivity index (χ1) is 14.9. The van der Waals surface area contributed by atoms with Crippen LogP contribution in [0.25, 0.3) is 0 Å². The predicted octanol–water partition coefficient (Wildman–Crippen LogP) is 7.92. The number of aliphatic imine (C=N–C) groups is 2. The van der Waals surface area contributed by atoms with Crippen LogP contribution in [0.5, 0.6) is 0 Å². The number of hydrogen-bond donors (Lipinski definition) is 0. The minimum atomic E-state index is 0.936. The average molecular weight is 425 g/mol. The summed E-state index contributed by atoms with van der Waals surface area (Å²) in [5.74, 6) is 0. The molecule has 0 atom stereocenters. The SMILES string of the molecule is c1ccc(N=C(SSC(=Nc2ccccc2)c2ccccc2)c2ccccc2)cc1. The fraction of sp³-hybridized carbons (Fsp3) is 0. The van der Waals surface area contributed by atoms with Crippen LogP contribution in [-0.2, 0) is 0 Å². The Morgan fingerprint density at radius 1 is 0.400 bits per heavy atom. The molecule has 0 spiro atoms. The molecule has 4 aromatic carbocycles. The van der Waals surface area contributed by atoms with Gasteiger partial charge in [-0.2, -0.15) is 0 Å². The predicted molar refractivity (Wildman–Crippen MR) is 133 cm³/mol. The molecule has 4 aromatic rings. The van der Waals surface area contributed by atoms with E-state index in [4.69, 9.17) is 9.98 Å². The zero-order valence-corrected chi connectivity index (χ0v) is 17.9. The molecule has 0 radical (unpaired) electrons. The molecule has 0 saturated carbocycles. The van der Waals surface area contributed by atoms with E-state index in [1.165, 1.54) is 0 Å². The zero-order chi connectivity index (χ0) is 20.4. The molecule has 0 N–H and O–H groups in total. The summed E-state index contributed by atoms with van der Waals surface area (Å²) < 4.78 is 0. The molecular formula is C26H20N2S2. The van der Waals surface area contributed by atoms with Gasteiger partial charge in [-0.1, -0.05) is 97.1 Å². The van der Waals surface area contributed by atoms with Crippen molar-refractivity contribution in [2.45, 2.75) is 0 Å². The Kier molecular flexibility index (Phi) is 7.16. The van der Waals surface area contributed by atoms with Crippen LogP contribution in [0.2, 0.25) is 0 Å². The van der Waals surface area contributed by atoms with E-state index < -0.39 is 0 Å². The summed E-state index contributed by atoms with van der Waals surface area (Å²) in [6.45, 7) is 0. The van der Waals surface area contributed by atoms with Gasteiger partial charge in [0.2, 0.25) is 0 Å². The molecule has 0 aliphatic rings. The van der Waals surface area contributed by atoms with Crippen molar-refractivity contribution in [1.82, 2.24) is 0 Å². The van der Waals surface area contributed by atoms with E-state index in [1.807, 2.05) is 97.1 Å². The molecule has 0 fully saturated rings. The lowest BCUT2D eigenvalue weighted by Gasteiger charge is -2.09. The average Bonchev–Trinajstić information content (AvgIpc) is 2.83. The largest absolute Gasteiger partial charge is 0.241 e. The minimum absolute atomic E-state index is 0.936. The normalized spacial score (nSPS) is 12.0. The van der Waals surface area contributed by atoms with Crippen molar-refractivity contribution >= 4 is 43.1 Å². The molecule has 0 saturated heterocycles. The molecule has 0 aliphatic carbocycles. The van der Waals surface area contributed by atoms with Gasteiger partial charge >= 0.3 is 0 Å². The lowest BCUT2D eigenvalue weighted by atomic mass is 10.2. The van der Waals surface area contributed by atoms with Crippen molar-refractivity contribution in [3.8, 4) is 0 Å². The highest BCUT2D eigenvalue weighted by Crippen LogP contribution is 2.34. The number of benzene rings is 4. The molecule has 0 heterocycles. The van der Waals surface area contributed by atoms with E-state index in [0.29, 0.717) is 0 Å². The second-order valence-electron chi connectivity index (χ2n) is 6.40. The third-order valence-electron chi connectivity index (χ3n) is 4.21. The summed E-state index contributed by atoms with van der Waals surface area (Å²) in [5, 5.41) is 1.90. The number of hydrogen-bond acceptors (Lipinski definition) is 4. The van der Waals surface area contributed by atoms with Crippen LogP contribution in [0.4, 0.5) is 11.4 Å². The third kappa shape index (κ3) is 5.72. The Morgan fingerprint density at radius 3 is 1.03 bits per heavy atom. The summed E-state index contributed by atoms with van der Waals surface area (Å²) in [6.07, 6.45) is 0. The monoisotopic (exact) mass is 424 g/mol. The standard InChI is InChI=1S/C26H20N2S2/c1-5-13-21(14-6-1)25(27-23-17-9-3-10-18-23)29-30-26(22-15-7-2-8-16-22)28-24-19-11-4-12-20-24/h1-20H. The van der Waals surface area contributed by atoms with Gasteiger partial charge in [0.25, 0.3) is 0 Å². The van der Waals surface area contributed by atoms with Crippen molar-refractivity contribution in [2.75, 3.05) is 0 Å². The summed E-state index contributed by atoms with van der Waals surface area (Å²) in [7, 11) is 3.26. The second-order valence-corrected chi connectivity index (χ2v) is 8.51. The van der Waals surface area contributed by atoms with E-state index in [0.717, 1.165) is 32.6 Å². The lowest BCUT2D eigenvalue weighted by molar-refractivity contribution is 1.52. The Hall–Kier alpha value is -3.08. The second kappa shape index (κ2) is 10.6. The third-order valence-corrected chi connectivity index (χ3v) is 6.46. The minimum Gasteiger partial charge on any atom is -0.241 e. The Bertz CT molecular complexity index is 1020. The molecule has 4 heteroatoms. The smallest absolute Gasteiger partial charge is 0.115 e. The quantitative estimate of drug-likeness (QED) is 0.189. The van der Waals surface area contributed by atoms with Crippen LogP contribution in [0.1, 0.15) is 11.1 Å². The van der Waals surface area contributed by atoms with Crippen LogP contribution in [-0.4, -0.2) is 10.1 Å². The molecule has 30 heavy (non-hydrogen) atoms. The molecule has 0 unspecified atom stereocenters. The van der Waals surface area contributed by atoms with Gasteiger partial charge in [-0.3, -0.25) is 0 Å². The maximum Gasteiger partial charge on any atom is 0.115 e. The van der Waals surface area contributed by atoms with Crippen molar-refractivity contribution in [2.24, 2.45) is 9.98 Å². The van der Waals surface area contributed by atoms with E-state index in [-0.39, 0.29) is 0 Å². The van der Waals surface area contributed by atoms with Gasteiger partial charge in [0.15, 0.2) is 0 Å². The van der Waals surface area contributed by atoms with Gasteiger partial charge in [0, 0.05) is 11.1 Å². The van der Waals surface area contributed by atoms with Crippen molar-refractivity contribution in [3.63, 3.8) is 0 Å². The molecule has 0 bridgehead atoms. The van der Waals surface area contributed by atoms with Crippen molar-refractivity contribution in [3.05, 3.63) is 132 Å². The van der Waals surface area contributed by atoms with Crippen molar-refractivity contribution < 1.29 is 0 Å². The van der Waals surface area contributed by atoms with Crippen LogP contribution in [0, 0.1) is 0 Å². The zero-order valence-electron chi connectivity index (χ0n) is 16.3. The first-order valence-corrected chi connectivity index (χ1v) is 11.8. The van der Waals surface area contributed by atoms with Crippen LogP contribution in [0.15, 0.2) is 131 Å². The summed E-state index contributed by atoms with van der Waals surface area (Å²) in [6, 6.07) is 40.7. The summed E-state index contributed by atoms with van der Waals surface area (Å²) in [5.41, 5.74) is 4.05. The molecule has 0 aliphatic heterocycles. The van der Waals surface area contributed by atoms with Crippen LogP contribution in [0.3, 0.4) is 0 Å². The topological polar surface area (TPSA) is 24.7 Å². The van der Waals surface area contributed by atoms with Crippen LogP contribution < -0.4 is 0 Å². The number of nitrogens with zero attached hydrogens (tertiary/aromatic N) is 2. The molecule has 0 aromatic heterocycles. The van der Waals surface area contributed by atoms with E-state index in [2.05, 4.69) is 24.3 Å². The van der Waals surface area contributed by atoms with Gasteiger partial charge in [-0.05, 0) is 45.9 Å². The highest BCUT2D eigenvalue weighted by molar-refractivity contribution is 8.87. The fourth-order valence-electron chi connectivity index (χ4n) is 2.74. The Balaban J connectivity index is 1.66. The summed E-state index contributed by atoms with van der Waals surface area (Å²) in [4.78, 5) is 9.81. The summed E-state index contributed by atoms with van der Waals surface area (Å²) >= 11 is 0. The van der Waals surface area contributed by atoms with E-state index in [9.17, 15) is 0 Å². The van der Waals surface area contributed by atoms with Gasteiger partial charge in [-0.15, -0.1) is 0 Å². The first kappa shape index (κ1) is 20.2. The maximum atomic E-state index is 4.91. The highest BCUT2D eigenvalue weighted by atomic mass is 33.1. The number of para-hydroxylation sites is 2. The molecular weight excluding hydrogens is 404 g/mol. The molecule has 146 valence electrons. The molecule has 4 rings (SSSR count). The van der Waals surface area contributed by atoms with Gasteiger partial charge in [0.05, 0.1) is 11.4 Å². The fourth-order valence-corrected chi connectivity index (χ4v) is 4.92. The Labute approximate surface area is 185 Å². The van der Waals surface area contributed by atoms with Gasteiger partial charge < -0.3 is 0 Å².